The number of hydrogen-bond donors (Lipinski definition) is 1. The number of nitriles is 1. The van der Waals surface area contributed by atoms with E-state index in [4.69, 9.17) is 10.00 Å². The molecule has 5 heteroatoms. The van der Waals surface area contributed by atoms with Gasteiger partial charge in [-0.15, -0.1) is 6.58 Å². The van der Waals surface area contributed by atoms with E-state index in [2.05, 4.69) is 18.0 Å². The Labute approximate surface area is 148 Å². The van der Waals surface area contributed by atoms with Crippen molar-refractivity contribution in [3.8, 4) is 11.8 Å². The minimum atomic E-state index is -0.0461. The largest absolute Gasteiger partial charge is 0.495 e. The van der Waals surface area contributed by atoms with Gasteiger partial charge in [-0.1, -0.05) is 30.3 Å². The number of benzene rings is 2. The summed E-state index contributed by atoms with van der Waals surface area (Å²) in [6.45, 7) is 4.79. The molecule has 2 aromatic rings. The van der Waals surface area contributed by atoms with Crippen molar-refractivity contribution in [2.75, 3.05) is 25.5 Å². The number of hydrogen-bond acceptors (Lipinski definition) is 4. The van der Waals surface area contributed by atoms with E-state index in [0.29, 0.717) is 24.4 Å². The van der Waals surface area contributed by atoms with Crippen molar-refractivity contribution in [2.45, 2.75) is 6.54 Å². The van der Waals surface area contributed by atoms with Gasteiger partial charge >= 0.3 is 0 Å². The number of anilines is 1. The number of ether oxygens (including phenoxy) is 1. The molecule has 0 atom stereocenters. The highest BCUT2D eigenvalue weighted by atomic mass is 16.5. The van der Waals surface area contributed by atoms with Crippen LogP contribution in [0.4, 0.5) is 5.69 Å². The zero-order valence-corrected chi connectivity index (χ0v) is 14.2. The maximum atomic E-state index is 12.6. The molecule has 1 amide bonds. The highest BCUT2D eigenvalue weighted by Gasteiger charge is 2.13. The molecule has 1 N–H and O–H groups in total. The fourth-order valence-electron chi connectivity index (χ4n) is 2.39. The highest BCUT2D eigenvalue weighted by Crippen LogP contribution is 2.22. The van der Waals surface area contributed by atoms with Crippen molar-refractivity contribution in [2.24, 2.45) is 0 Å². The zero-order chi connectivity index (χ0) is 18.1. The van der Waals surface area contributed by atoms with Gasteiger partial charge in [0.25, 0.3) is 0 Å². The number of methoxy groups -OCH3 is 1. The summed E-state index contributed by atoms with van der Waals surface area (Å²) < 4.78 is 5.27. The molecule has 0 saturated heterocycles. The summed E-state index contributed by atoms with van der Waals surface area (Å²) in [5.41, 5.74) is 2.34. The summed E-state index contributed by atoms with van der Waals surface area (Å²) in [5.74, 6) is 0.646. The Morgan fingerprint density at radius 1 is 1.28 bits per heavy atom. The molecule has 0 heterocycles. The third-order valence-corrected chi connectivity index (χ3v) is 3.70. The first kappa shape index (κ1) is 18.1. The second-order valence-corrected chi connectivity index (χ2v) is 5.43. The molecular weight excluding hydrogens is 314 g/mol. The van der Waals surface area contributed by atoms with E-state index in [0.717, 1.165) is 11.3 Å². The van der Waals surface area contributed by atoms with E-state index >= 15 is 0 Å². The van der Waals surface area contributed by atoms with Crippen LogP contribution in [0.15, 0.2) is 61.2 Å². The lowest BCUT2D eigenvalue weighted by Gasteiger charge is -2.22. The quantitative estimate of drug-likeness (QED) is 0.753. The fourth-order valence-corrected chi connectivity index (χ4v) is 2.39. The van der Waals surface area contributed by atoms with Crippen LogP contribution >= 0.6 is 0 Å². The van der Waals surface area contributed by atoms with Crippen molar-refractivity contribution >= 4 is 11.6 Å². The van der Waals surface area contributed by atoms with Crippen LogP contribution in [0.3, 0.4) is 0 Å². The molecule has 0 saturated carbocycles. The van der Waals surface area contributed by atoms with Crippen LogP contribution in [0.25, 0.3) is 0 Å². The Balaban J connectivity index is 2.01. The molecule has 0 aliphatic carbocycles. The smallest absolute Gasteiger partial charge is 0.242 e. The van der Waals surface area contributed by atoms with Gasteiger partial charge in [-0.3, -0.25) is 4.79 Å². The summed E-state index contributed by atoms with van der Waals surface area (Å²) in [5, 5.41) is 12.0. The van der Waals surface area contributed by atoms with Crippen molar-refractivity contribution in [3.63, 3.8) is 0 Å². The second kappa shape index (κ2) is 9.14. The molecule has 0 spiro atoms. The SMILES string of the molecule is C=CCN(Cc1ccc(C#N)cc1)C(=O)CNc1ccccc1OC. The summed E-state index contributed by atoms with van der Waals surface area (Å²) in [6.07, 6.45) is 1.70. The maximum Gasteiger partial charge on any atom is 0.242 e. The van der Waals surface area contributed by atoms with Gasteiger partial charge in [0.05, 0.1) is 31.0 Å². The molecule has 128 valence electrons. The third kappa shape index (κ3) is 5.11. The predicted octanol–water partition coefficient (Wildman–Crippen LogP) is 3.19. The lowest BCUT2D eigenvalue weighted by molar-refractivity contribution is -0.129. The Kier molecular flexibility index (Phi) is 6.61. The van der Waals surface area contributed by atoms with Gasteiger partial charge in [-0.25, -0.2) is 0 Å². The standard InChI is InChI=1S/C20H21N3O2/c1-3-12-23(15-17-10-8-16(13-21)9-11-17)20(24)14-22-18-6-4-5-7-19(18)25-2/h3-11,22H,1,12,14-15H2,2H3. The Morgan fingerprint density at radius 3 is 2.64 bits per heavy atom. The summed E-state index contributed by atoms with van der Waals surface area (Å²) in [7, 11) is 1.59. The zero-order valence-electron chi connectivity index (χ0n) is 14.2. The Bertz CT molecular complexity index is 763. The van der Waals surface area contributed by atoms with Gasteiger partial charge in [0.15, 0.2) is 0 Å². The predicted molar refractivity (Wildman–Crippen MR) is 98.3 cm³/mol. The minimum Gasteiger partial charge on any atom is -0.495 e. The van der Waals surface area contributed by atoms with Crippen LogP contribution in [0, 0.1) is 11.3 Å². The van der Waals surface area contributed by atoms with E-state index in [-0.39, 0.29) is 12.5 Å². The molecule has 0 bridgehead atoms. The van der Waals surface area contributed by atoms with Crippen molar-refractivity contribution < 1.29 is 9.53 Å². The molecule has 2 rings (SSSR count). The monoisotopic (exact) mass is 335 g/mol. The van der Waals surface area contributed by atoms with Gasteiger partial charge < -0.3 is 15.0 Å². The van der Waals surface area contributed by atoms with E-state index < -0.39 is 0 Å². The molecule has 0 aliphatic heterocycles. The van der Waals surface area contributed by atoms with Crippen LogP contribution in [0.1, 0.15) is 11.1 Å². The van der Waals surface area contributed by atoms with Crippen molar-refractivity contribution in [3.05, 3.63) is 72.3 Å². The Hall–Kier alpha value is -3.26. The average molecular weight is 335 g/mol. The summed E-state index contributed by atoms with van der Waals surface area (Å²) in [6, 6.07) is 16.8. The molecule has 25 heavy (non-hydrogen) atoms. The molecule has 0 aliphatic rings. The number of amides is 1. The third-order valence-electron chi connectivity index (χ3n) is 3.70. The van der Waals surface area contributed by atoms with Crippen LogP contribution < -0.4 is 10.1 Å². The number of nitrogens with zero attached hydrogens (tertiary/aromatic N) is 2. The number of carbonyl (C=O) groups excluding carboxylic acids is 1. The number of carbonyl (C=O) groups is 1. The lowest BCUT2D eigenvalue weighted by atomic mass is 10.1. The van der Waals surface area contributed by atoms with Crippen LogP contribution in [-0.2, 0) is 11.3 Å². The molecule has 0 fully saturated rings. The van der Waals surface area contributed by atoms with Crippen molar-refractivity contribution in [1.29, 1.82) is 5.26 Å². The van der Waals surface area contributed by atoms with Crippen molar-refractivity contribution in [1.82, 2.24) is 4.90 Å². The number of rotatable bonds is 8. The van der Waals surface area contributed by atoms with Crippen LogP contribution in [0.2, 0.25) is 0 Å². The van der Waals surface area contributed by atoms with E-state index in [1.54, 1.807) is 30.2 Å². The average Bonchev–Trinajstić information content (AvgIpc) is 2.66. The molecular formula is C20H21N3O2. The summed E-state index contributed by atoms with van der Waals surface area (Å²) >= 11 is 0. The molecule has 0 unspecified atom stereocenters. The first-order valence-corrected chi connectivity index (χ1v) is 7.92. The fraction of sp³-hybridized carbons (Fsp3) is 0.200. The first-order valence-electron chi connectivity index (χ1n) is 7.92. The van der Waals surface area contributed by atoms with Gasteiger partial charge in [0.1, 0.15) is 5.75 Å². The van der Waals surface area contributed by atoms with E-state index in [1.165, 1.54) is 0 Å². The topological polar surface area (TPSA) is 65.4 Å². The number of para-hydroxylation sites is 2. The molecule has 0 aromatic heterocycles. The van der Waals surface area contributed by atoms with Gasteiger partial charge in [-0.05, 0) is 29.8 Å². The Morgan fingerprint density at radius 2 is 2.00 bits per heavy atom. The maximum absolute atomic E-state index is 12.6. The molecule has 0 radical (unpaired) electrons. The van der Waals surface area contributed by atoms with Gasteiger partial charge in [-0.2, -0.15) is 5.26 Å². The lowest BCUT2D eigenvalue weighted by Crippen LogP contribution is -2.35. The summed E-state index contributed by atoms with van der Waals surface area (Å²) in [4.78, 5) is 14.3. The second-order valence-electron chi connectivity index (χ2n) is 5.43. The van der Waals surface area contributed by atoms with E-state index in [1.807, 2.05) is 36.4 Å². The van der Waals surface area contributed by atoms with Crippen LogP contribution in [-0.4, -0.2) is 31.0 Å². The van der Waals surface area contributed by atoms with Crippen LogP contribution in [0.5, 0.6) is 5.75 Å². The first-order chi connectivity index (χ1) is 12.2. The normalized spacial score (nSPS) is 9.76. The van der Waals surface area contributed by atoms with Gasteiger partial charge in [0.2, 0.25) is 5.91 Å². The number of nitrogens with one attached hydrogen (secondary N) is 1. The van der Waals surface area contributed by atoms with Gasteiger partial charge in [0, 0.05) is 13.1 Å². The molecule has 2 aromatic carbocycles. The minimum absolute atomic E-state index is 0.0461. The molecule has 5 nitrogen and oxygen atoms in total. The van der Waals surface area contributed by atoms with E-state index in [9.17, 15) is 4.79 Å². The highest BCUT2D eigenvalue weighted by molar-refractivity contribution is 5.81.